The highest BCUT2D eigenvalue weighted by atomic mass is 31.2. The second-order valence-electron chi connectivity index (χ2n) is 4.81. The van der Waals surface area contributed by atoms with Crippen LogP contribution in [0.3, 0.4) is 0 Å². The Kier molecular flexibility index (Phi) is 6.02. The van der Waals surface area contributed by atoms with Crippen molar-refractivity contribution in [1.82, 2.24) is 0 Å². The zero-order valence-corrected chi connectivity index (χ0v) is 13.2. The molecule has 0 saturated heterocycles. The third kappa shape index (κ3) is 4.42. The average molecular weight is 356 g/mol. The first kappa shape index (κ1) is 19.4. The maximum Gasteiger partial charge on any atom is 0.365 e. The van der Waals surface area contributed by atoms with Crippen molar-refractivity contribution in [3.63, 3.8) is 0 Å². The lowest BCUT2D eigenvalue weighted by Gasteiger charge is -2.36. The summed E-state index contributed by atoms with van der Waals surface area (Å²) in [6.07, 6.45) is 0.891. The van der Waals surface area contributed by atoms with Gasteiger partial charge in [0, 0.05) is 24.6 Å². The van der Waals surface area contributed by atoms with Crippen LogP contribution in [0.4, 0.5) is 0 Å². The van der Waals surface area contributed by atoms with Gasteiger partial charge in [-0.25, -0.2) is 4.57 Å². The molecule has 0 amide bonds. The molecule has 0 spiro atoms. The predicted octanol–water partition coefficient (Wildman–Crippen LogP) is -2.79. The van der Waals surface area contributed by atoms with Crippen LogP contribution in [0.1, 0.15) is 5.56 Å². The van der Waals surface area contributed by atoms with E-state index in [0.29, 0.717) is 0 Å². The molecule has 0 aliphatic heterocycles. The van der Waals surface area contributed by atoms with Gasteiger partial charge in [-0.15, -0.1) is 0 Å². The quantitative estimate of drug-likeness (QED) is 0.221. The molecule has 0 aliphatic rings. The molecule has 0 fully saturated rings. The van der Waals surface area contributed by atoms with Gasteiger partial charge in [0.05, 0.1) is 0 Å². The van der Waals surface area contributed by atoms with E-state index in [1.807, 2.05) is 0 Å². The minimum absolute atomic E-state index is 0.0178. The lowest BCUT2D eigenvalue weighted by Crippen LogP contribution is -2.43. The fourth-order valence-electron chi connectivity index (χ4n) is 1.75. The Morgan fingerprint density at radius 2 is 1.95 bits per heavy atom. The third-order valence-electron chi connectivity index (χ3n) is 2.97. The van der Waals surface area contributed by atoms with E-state index in [1.54, 1.807) is 0 Å². The maximum atomic E-state index is 11.3. The molecule has 3 atom stereocenters. The van der Waals surface area contributed by atoms with Crippen LogP contribution in [0, 0.1) is 0 Å². The van der Waals surface area contributed by atoms with Gasteiger partial charge in [0.25, 0.3) is 0 Å². The Morgan fingerprint density at radius 3 is 2.41 bits per heavy atom. The van der Waals surface area contributed by atoms with Crippen molar-refractivity contribution >= 4 is 15.2 Å². The number of aliphatic hydroxyl groups excluding tert-OH is 1. The highest BCUT2D eigenvalue weighted by Crippen LogP contribution is 2.66. The number of rotatable bonds is 7. The topological polar surface area (TPSA) is 188 Å². The number of hydrogen-bond donors (Lipinski definition) is 6. The number of nitrogens with zero attached hydrogens (tertiary/aromatic N) is 1. The van der Waals surface area contributed by atoms with E-state index in [0.717, 1.165) is 0 Å². The minimum Gasteiger partial charge on any atom is -0.776 e. The summed E-state index contributed by atoms with van der Waals surface area (Å²) in [4.78, 5) is 38.3. The van der Waals surface area contributed by atoms with E-state index >= 15 is 0 Å². The maximum absolute atomic E-state index is 11.3. The van der Waals surface area contributed by atoms with Crippen molar-refractivity contribution in [2.75, 3.05) is 6.54 Å². The molecule has 0 aromatic carbocycles. The molecule has 0 bridgehead atoms. The summed E-state index contributed by atoms with van der Waals surface area (Å²) in [5.41, 5.74) is 5.29. The van der Waals surface area contributed by atoms with Crippen molar-refractivity contribution in [2.45, 2.75) is 24.2 Å². The molecule has 0 aliphatic carbocycles. The summed E-state index contributed by atoms with van der Waals surface area (Å²) in [5.74, 6) is 0. The molecule has 0 saturated carbocycles. The van der Waals surface area contributed by atoms with Crippen molar-refractivity contribution in [3.05, 3.63) is 30.1 Å². The molecule has 1 aromatic rings. The second kappa shape index (κ2) is 6.84. The third-order valence-corrected chi connectivity index (χ3v) is 6.67. The Labute approximate surface area is 126 Å². The van der Waals surface area contributed by atoms with Crippen molar-refractivity contribution < 1.29 is 43.5 Å². The minimum atomic E-state index is -5.76. The Morgan fingerprint density at radius 1 is 1.36 bits per heavy atom. The molecular weight excluding hydrogens is 338 g/mol. The molecule has 126 valence electrons. The van der Waals surface area contributed by atoms with Crippen LogP contribution in [-0.4, -0.2) is 42.6 Å². The van der Waals surface area contributed by atoms with Crippen LogP contribution >= 0.6 is 15.2 Å². The molecule has 1 heterocycles. The Hall–Kier alpha value is -0.670. The monoisotopic (exact) mass is 356 g/mol. The van der Waals surface area contributed by atoms with Crippen molar-refractivity contribution in [2.24, 2.45) is 5.73 Å². The van der Waals surface area contributed by atoms with Gasteiger partial charge in [0.2, 0.25) is 5.08 Å². The SMILES string of the molecule is NCC(O)C[n+]1cccc(CC(O)(P(=O)([O-])O)P(=O)(O)O)c1. The normalized spacial score (nSPS) is 19.2. The molecular formula is C10H18N2O8P2. The van der Waals surface area contributed by atoms with Gasteiger partial charge in [-0.1, -0.05) is 0 Å². The van der Waals surface area contributed by atoms with Gasteiger partial charge in [0.1, 0.15) is 6.10 Å². The molecule has 1 aromatic heterocycles. The Balaban J connectivity index is 3.14. The first-order valence-corrected chi connectivity index (χ1v) is 9.28. The van der Waals surface area contributed by atoms with Crippen molar-refractivity contribution in [1.29, 1.82) is 0 Å². The second-order valence-corrected chi connectivity index (χ2v) is 8.78. The van der Waals surface area contributed by atoms with E-state index < -0.39 is 32.8 Å². The van der Waals surface area contributed by atoms with Gasteiger partial charge >= 0.3 is 7.60 Å². The standard InChI is InChI=1S/C10H18N2O8P2/c11-5-9(13)7-12-3-1-2-8(6-12)4-10(14,21(15,16)17)22(18,19)20/h1-3,6,9,13-14H,4-5,7,11H2,(H3-,15,16,17,18,19,20). The van der Waals surface area contributed by atoms with E-state index in [9.17, 15) is 24.2 Å². The number of hydrogen-bond acceptors (Lipinski definition) is 6. The number of pyridine rings is 1. The van der Waals surface area contributed by atoms with Gasteiger partial charge in [-0.05, 0) is 6.07 Å². The van der Waals surface area contributed by atoms with E-state index in [1.165, 1.54) is 29.1 Å². The molecule has 3 unspecified atom stereocenters. The van der Waals surface area contributed by atoms with Gasteiger partial charge in [-0.2, -0.15) is 0 Å². The van der Waals surface area contributed by atoms with E-state index in [2.05, 4.69) is 0 Å². The summed E-state index contributed by atoms with van der Waals surface area (Å²) in [6, 6.07) is 2.73. The number of aliphatic hydroxyl groups is 2. The molecule has 22 heavy (non-hydrogen) atoms. The van der Waals surface area contributed by atoms with Crippen LogP contribution in [0.15, 0.2) is 24.5 Å². The molecule has 0 radical (unpaired) electrons. The number of nitrogens with two attached hydrogens (primary N) is 1. The zero-order chi connectivity index (χ0) is 17.2. The molecule has 1 rings (SSSR count). The van der Waals surface area contributed by atoms with Crippen LogP contribution in [0.2, 0.25) is 0 Å². The molecule has 10 nitrogen and oxygen atoms in total. The molecule has 12 heteroatoms. The van der Waals surface area contributed by atoms with Crippen LogP contribution in [0.25, 0.3) is 0 Å². The largest absolute Gasteiger partial charge is 0.776 e. The highest BCUT2D eigenvalue weighted by molar-refractivity contribution is 7.71. The van der Waals surface area contributed by atoms with Crippen LogP contribution < -0.4 is 15.2 Å². The van der Waals surface area contributed by atoms with Crippen LogP contribution in [-0.2, 0) is 22.1 Å². The summed E-state index contributed by atoms with van der Waals surface area (Å²) in [7, 11) is -11.3. The lowest BCUT2D eigenvalue weighted by molar-refractivity contribution is -0.703. The zero-order valence-electron chi connectivity index (χ0n) is 11.4. The number of aromatic nitrogens is 1. The highest BCUT2D eigenvalue weighted by Gasteiger charge is 2.53. The molecule has 7 N–H and O–H groups in total. The van der Waals surface area contributed by atoms with Crippen molar-refractivity contribution in [3.8, 4) is 0 Å². The predicted molar refractivity (Wildman–Crippen MR) is 72.2 cm³/mol. The fraction of sp³-hybridized carbons (Fsp3) is 0.500. The summed E-state index contributed by atoms with van der Waals surface area (Å²) < 4.78 is 23.9. The Bertz CT molecular complexity index is 591. The van der Waals surface area contributed by atoms with Gasteiger partial charge < -0.3 is 40.1 Å². The summed E-state index contributed by atoms with van der Waals surface area (Å²) >= 11 is 0. The lowest BCUT2D eigenvalue weighted by atomic mass is 10.2. The van der Waals surface area contributed by atoms with E-state index in [-0.39, 0.29) is 18.7 Å². The fourth-order valence-corrected chi connectivity index (χ4v) is 3.84. The van der Waals surface area contributed by atoms with Crippen LogP contribution in [0.5, 0.6) is 0 Å². The van der Waals surface area contributed by atoms with E-state index in [4.69, 9.17) is 20.4 Å². The summed E-state index contributed by atoms with van der Waals surface area (Å²) in [5, 5.41) is 15.6. The summed E-state index contributed by atoms with van der Waals surface area (Å²) in [6.45, 7) is 0.0445. The smallest absolute Gasteiger partial charge is 0.365 e. The first-order chi connectivity index (χ1) is 9.90. The first-order valence-electron chi connectivity index (χ1n) is 6.09. The van der Waals surface area contributed by atoms with Gasteiger partial charge in [0.15, 0.2) is 26.5 Å². The average Bonchev–Trinajstić information content (AvgIpc) is 2.36. The van der Waals surface area contributed by atoms with Gasteiger partial charge in [-0.3, -0.25) is 4.57 Å².